The number of nitro groups is 1. The van der Waals surface area contributed by atoms with Gasteiger partial charge in [0.2, 0.25) is 0 Å². The molecule has 126 valence electrons. The van der Waals surface area contributed by atoms with Gasteiger partial charge in [0, 0.05) is 22.0 Å². The smallest absolute Gasteiger partial charge is 0.345 e. The van der Waals surface area contributed by atoms with Crippen molar-refractivity contribution >= 4 is 34.6 Å². The summed E-state index contributed by atoms with van der Waals surface area (Å²) in [6.07, 6.45) is 0. The first-order valence-corrected chi connectivity index (χ1v) is 8.41. The van der Waals surface area contributed by atoms with Crippen molar-refractivity contribution in [3.8, 4) is 10.6 Å². The summed E-state index contributed by atoms with van der Waals surface area (Å²) >= 11 is 7.27. The number of nitrogens with zero attached hydrogens (tertiary/aromatic N) is 2. The van der Waals surface area contributed by atoms with Crippen LogP contribution in [0.4, 0.5) is 5.69 Å². The average molecular weight is 375 g/mol. The lowest BCUT2D eigenvalue weighted by Crippen LogP contribution is -2.08. The first kappa shape index (κ1) is 17.1. The van der Waals surface area contributed by atoms with E-state index < -0.39 is 10.9 Å². The zero-order valence-electron chi connectivity index (χ0n) is 12.7. The molecular formula is C17H11ClN2O4S. The Kier molecular flexibility index (Phi) is 5.06. The van der Waals surface area contributed by atoms with Gasteiger partial charge >= 0.3 is 5.97 Å². The molecule has 6 nitrogen and oxygen atoms in total. The van der Waals surface area contributed by atoms with Gasteiger partial charge in [-0.3, -0.25) is 10.1 Å². The van der Waals surface area contributed by atoms with E-state index in [0.717, 1.165) is 10.6 Å². The molecule has 0 radical (unpaired) electrons. The number of carbonyl (C=O) groups is 1. The van der Waals surface area contributed by atoms with Gasteiger partial charge in [-0.2, -0.15) is 0 Å². The molecule has 0 unspecified atom stereocenters. The van der Waals surface area contributed by atoms with E-state index in [4.69, 9.17) is 16.3 Å². The predicted molar refractivity (Wildman–Crippen MR) is 94.8 cm³/mol. The quantitative estimate of drug-likeness (QED) is 0.366. The Morgan fingerprint density at radius 1 is 1.20 bits per heavy atom. The highest BCUT2D eigenvalue weighted by atomic mass is 35.5. The Morgan fingerprint density at radius 3 is 2.64 bits per heavy atom. The fraction of sp³-hybridized carbons (Fsp3) is 0.0588. The van der Waals surface area contributed by atoms with Crippen molar-refractivity contribution in [2.24, 2.45) is 0 Å². The van der Waals surface area contributed by atoms with Crippen LogP contribution in [0.2, 0.25) is 5.02 Å². The normalized spacial score (nSPS) is 10.4. The van der Waals surface area contributed by atoms with E-state index in [1.807, 2.05) is 12.1 Å². The van der Waals surface area contributed by atoms with Crippen LogP contribution in [0.5, 0.6) is 0 Å². The predicted octanol–water partition coefficient (Wildman–Crippen LogP) is 4.73. The van der Waals surface area contributed by atoms with Crippen molar-refractivity contribution in [1.82, 2.24) is 4.98 Å². The molecule has 0 bridgehead atoms. The first-order chi connectivity index (χ1) is 12.0. The molecule has 0 fully saturated rings. The van der Waals surface area contributed by atoms with Crippen LogP contribution in [-0.4, -0.2) is 15.9 Å². The minimum atomic E-state index is -0.756. The molecule has 0 amide bonds. The number of benzene rings is 2. The molecule has 0 saturated heterocycles. The second kappa shape index (κ2) is 7.42. The van der Waals surface area contributed by atoms with Crippen LogP contribution in [0, 0.1) is 10.1 Å². The molecule has 3 rings (SSSR count). The molecule has 0 atom stereocenters. The summed E-state index contributed by atoms with van der Waals surface area (Å²) in [7, 11) is 0. The highest BCUT2D eigenvalue weighted by Gasteiger charge is 2.20. The van der Waals surface area contributed by atoms with Crippen molar-refractivity contribution in [3.63, 3.8) is 0 Å². The van der Waals surface area contributed by atoms with Gasteiger partial charge in [-0.05, 0) is 18.2 Å². The number of ether oxygens (including phenoxy) is 1. The summed E-state index contributed by atoms with van der Waals surface area (Å²) in [6, 6.07) is 12.9. The average Bonchev–Trinajstić information content (AvgIpc) is 3.09. The number of para-hydroxylation sites is 1. The number of hydrogen-bond donors (Lipinski definition) is 0. The minimum Gasteiger partial charge on any atom is -0.455 e. The fourth-order valence-electron chi connectivity index (χ4n) is 2.12. The zero-order chi connectivity index (χ0) is 17.8. The first-order valence-electron chi connectivity index (χ1n) is 7.15. The standard InChI is InChI=1S/C17H11ClN2O4S/c18-12-7-5-11(6-8-12)16-19-13(10-25-16)9-24-17(21)14-3-1-2-4-15(14)20(22)23/h1-8,10H,9H2. The molecule has 8 heteroatoms. The van der Waals surface area contributed by atoms with Crippen molar-refractivity contribution in [1.29, 1.82) is 0 Å². The van der Waals surface area contributed by atoms with E-state index in [2.05, 4.69) is 4.98 Å². The molecular weight excluding hydrogens is 364 g/mol. The van der Waals surface area contributed by atoms with E-state index >= 15 is 0 Å². The maximum Gasteiger partial charge on any atom is 0.345 e. The second-order valence-corrected chi connectivity index (χ2v) is 6.30. The number of hydrogen-bond acceptors (Lipinski definition) is 6. The molecule has 0 N–H and O–H groups in total. The van der Waals surface area contributed by atoms with Gasteiger partial charge in [0.1, 0.15) is 17.2 Å². The van der Waals surface area contributed by atoms with E-state index in [9.17, 15) is 14.9 Å². The Labute approximate surface area is 151 Å². The minimum absolute atomic E-state index is 0.0605. The molecule has 2 aromatic carbocycles. The van der Waals surface area contributed by atoms with Crippen LogP contribution in [0.25, 0.3) is 10.6 Å². The van der Waals surface area contributed by atoms with Gasteiger partial charge in [-0.1, -0.05) is 35.9 Å². The highest BCUT2D eigenvalue weighted by Crippen LogP contribution is 2.26. The van der Waals surface area contributed by atoms with E-state index in [1.54, 1.807) is 23.6 Å². The largest absolute Gasteiger partial charge is 0.455 e. The third-order valence-corrected chi connectivity index (χ3v) is 4.51. The van der Waals surface area contributed by atoms with E-state index in [-0.39, 0.29) is 17.9 Å². The lowest BCUT2D eigenvalue weighted by molar-refractivity contribution is -0.385. The van der Waals surface area contributed by atoms with Gasteiger partial charge in [0.15, 0.2) is 0 Å². The summed E-state index contributed by atoms with van der Waals surface area (Å²) in [6.45, 7) is -0.0605. The van der Waals surface area contributed by atoms with Crippen molar-refractivity contribution in [2.75, 3.05) is 0 Å². The number of thiazole rings is 1. The highest BCUT2D eigenvalue weighted by molar-refractivity contribution is 7.13. The lowest BCUT2D eigenvalue weighted by Gasteiger charge is -2.03. The van der Waals surface area contributed by atoms with Crippen LogP contribution < -0.4 is 0 Å². The summed E-state index contributed by atoms with van der Waals surface area (Å²) < 4.78 is 5.15. The summed E-state index contributed by atoms with van der Waals surface area (Å²) in [5, 5.41) is 14.1. The Bertz CT molecular complexity index is 924. The lowest BCUT2D eigenvalue weighted by atomic mass is 10.2. The molecule has 0 aliphatic rings. The maximum absolute atomic E-state index is 12.1. The molecule has 1 heterocycles. The second-order valence-electron chi connectivity index (χ2n) is 5.00. The molecule has 1 aromatic heterocycles. The number of aromatic nitrogens is 1. The van der Waals surface area contributed by atoms with Gasteiger partial charge in [0.25, 0.3) is 5.69 Å². The fourth-order valence-corrected chi connectivity index (χ4v) is 3.06. The number of esters is 1. The number of nitro benzene ring substituents is 1. The molecule has 0 aliphatic heterocycles. The van der Waals surface area contributed by atoms with E-state index in [0.29, 0.717) is 10.7 Å². The van der Waals surface area contributed by atoms with Crippen molar-refractivity contribution in [2.45, 2.75) is 6.61 Å². The van der Waals surface area contributed by atoms with Crippen LogP contribution in [0.15, 0.2) is 53.9 Å². The SMILES string of the molecule is O=C(OCc1csc(-c2ccc(Cl)cc2)n1)c1ccccc1[N+](=O)[O-]. The summed E-state index contributed by atoms with van der Waals surface area (Å²) in [5.74, 6) is -0.756. The Morgan fingerprint density at radius 2 is 1.92 bits per heavy atom. The zero-order valence-corrected chi connectivity index (χ0v) is 14.3. The Hall–Kier alpha value is -2.77. The van der Waals surface area contributed by atoms with Crippen molar-refractivity contribution < 1.29 is 14.5 Å². The van der Waals surface area contributed by atoms with Gasteiger partial charge < -0.3 is 4.74 Å². The number of halogens is 1. The monoisotopic (exact) mass is 374 g/mol. The molecule has 3 aromatic rings. The van der Waals surface area contributed by atoms with E-state index in [1.165, 1.54) is 29.5 Å². The third kappa shape index (κ3) is 4.01. The van der Waals surface area contributed by atoms with Crippen LogP contribution in [0.3, 0.4) is 0 Å². The third-order valence-electron chi connectivity index (χ3n) is 3.31. The molecule has 25 heavy (non-hydrogen) atoms. The molecule has 0 spiro atoms. The van der Waals surface area contributed by atoms with Crippen LogP contribution >= 0.6 is 22.9 Å². The number of rotatable bonds is 5. The van der Waals surface area contributed by atoms with Gasteiger partial charge in [-0.15, -0.1) is 11.3 Å². The van der Waals surface area contributed by atoms with Gasteiger partial charge in [-0.25, -0.2) is 9.78 Å². The molecule has 0 aliphatic carbocycles. The van der Waals surface area contributed by atoms with Crippen LogP contribution in [0.1, 0.15) is 16.1 Å². The maximum atomic E-state index is 12.1. The number of carbonyl (C=O) groups excluding carboxylic acids is 1. The topological polar surface area (TPSA) is 82.3 Å². The summed E-state index contributed by atoms with van der Waals surface area (Å²) in [4.78, 5) is 26.8. The Balaban J connectivity index is 1.69. The molecule has 0 saturated carbocycles. The van der Waals surface area contributed by atoms with Gasteiger partial charge in [0.05, 0.1) is 10.6 Å². The van der Waals surface area contributed by atoms with Crippen LogP contribution in [-0.2, 0) is 11.3 Å². The summed E-state index contributed by atoms with van der Waals surface area (Å²) in [5.41, 5.74) is 1.11. The van der Waals surface area contributed by atoms with Crippen molar-refractivity contribution in [3.05, 3.63) is 80.3 Å².